The molecule has 1 aliphatic rings. The summed E-state index contributed by atoms with van der Waals surface area (Å²) >= 11 is 0. The lowest BCUT2D eigenvalue weighted by molar-refractivity contribution is 0.389. The Balaban J connectivity index is 2.37. The minimum Gasteiger partial charge on any atom is -0.197 e. The smallest absolute Gasteiger partial charge is 0.143 e. The van der Waals surface area contributed by atoms with Crippen LogP contribution in [-0.4, -0.2) is 0 Å². The Morgan fingerprint density at radius 3 is 0.864 bits per heavy atom. The third-order valence-corrected chi connectivity index (χ3v) is 5.14. The molecular weight excluding hydrogens is 268 g/mol. The average molecular weight is 303 g/mol. The van der Waals surface area contributed by atoms with Gasteiger partial charge >= 0.3 is 0 Å². The van der Waals surface area contributed by atoms with Gasteiger partial charge in [0.25, 0.3) is 0 Å². The van der Waals surface area contributed by atoms with E-state index in [1.165, 1.54) is 83.5 Å². The number of hydrogen-bond acceptors (Lipinski definition) is 2. The zero-order chi connectivity index (χ0) is 15.9. The van der Waals surface area contributed by atoms with Gasteiger partial charge in [0.15, 0.2) is 0 Å². The molecule has 0 aromatic carbocycles. The molecule has 2 nitrogen and oxygen atoms in total. The minimum absolute atomic E-state index is 0.703. The molecule has 0 aromatic heterocycles. The maximum atomic E-state index is 9.43. The lowest BCUT2D eigenvalue weighted by Gasteiger charge is -2.18. The summed E-state index contributed by atoms with van der Waals surface area (Å²) in [6.45, 7) is 0. The van der Waals surface area contributed by atoms with Crippen LogP contribution in [-0.2, 0) is 0 Å². The molecule has 124 valence electrons. The van der Waals surface area contributed by atoms with E-state index in [1.807, 2.05) is 0 Å². The Kier molecular flexibility index (Phi) is 10.8. The predicted molar refractivity (Wildman–Crippen MR) is 92.1 cm³/mol. The number of hydrogen-bond donors (Lipinski definition) is 0. The third kappa shape index (κ3) is 8.43. The van der Waals surface area contributed by atoms with Gasteiger partial charge in [0.05, 0.1) is 12.1 Å². The molecule has 0 saturated heterocycles. The molecule has 22 heavy (non-hydrogen) atoms. The normalized spacial score (nSPS) is 23.4. The van der Waals surface area contributed by atoms with Crippen molar-refractivity contribution in [3.05, 3.63) is 0 Å². The Bertz CT molecular complexity index is 314. The van der Waals surface area contributed by atoms with Crippen molar-refractivity contribution in [3.63, 3.8) is 0 Å². The van der Waals surface area contributed by atoms with Crippen LogP contribution in [0, 0.1) is 28.1 Å². The van der Waals surface area contributed by atoms with Crippen LogP contribution in [0.3, 0.4) is 0 Å². The lowest BCUT2D eigenvalue weighted by atomic mass is 9.80. The topological polar surface area (TPSA) is 47.6 Å². The second kappa shape index (κ2) is 12.5. The molecular formula is C20H34N2. The highest BCUT2D eigenvalue weighted by atomic mass is 14.4. The van der Waals surface area contributed by atoms with Crippen LogP contribution < -0.4 is 0 Å². The molecule has 0 spiro atoms. The van der Waals surface area contributed by atoms with Crippen molar-refractivity contribution in [2.75, 3.05) is 0 Å². The largest absolute Gasteiger partial charge is 0.197 e. The first-order valence-corrected chi connectivity index (χ1v) is 9.65. The fraction of sp³-hybridized carbons (Fsp3) is 0.900. The van der Waals surface area contributed by atoms with Gasteiger partial charge in [-0.2, -0.15) is 10.5 Å². The lowest BCUT2D eigenvalue weighted by Crippen LogP contribution is -2.16. The Hall–Kier alpha value is -1.02. The molecule has 0 heterocycles. The molecule has 1 aliphatic carbocycles. The van der Waals surface area contributed by atoms with Crippen molar-refractivity contribution in [1.29, 1.82) is 10.5 Å². The van der Waals surface area contributed by atoms with Crippen molar-refractivity contribution >= 4 is 0 Å². The molecule has 0 atom stereocenters. The van der Waals surface area contributed by atoms with Crippen LogP contribution in [0.5, 0.6) is 0 Å². The molecule has 1 rings (SSSR count). The first-order valence-electron chi connectivity index (χ1n) is 9.65. The molecule has 0 aliphatic heterocycles. The summed E-state index contributed by atoms with van der Waals surface area (Å²) in [5.41, 5.74) is -0.703. The quantitative estimate of drug-likeness (QED) is 0.502. The molecule has 2 heteroatoms. The van der Waals surface area contributed by atoms with E-state index < -0.39 is 5.41 Å². The maximum absolute atomic E-state index is 9.43. The molecule has 1 fully saturated rings. The van der Waals surface area contributed by atoms with Crippen LogP contribution >= 0.6 is 0 Å². The highest BCUT2D eigenvalue weighted by Gasteiger charge is 2.28. The number of rotatable bonds is 0. The van der Waals surface area contributed by atoms with Gasteiger partial charge in [-0.1, -0.05) is 96.3 Å². The zero-order valence-electron chi connectivity index (χ0n) is 14.4. The van der Waals surface area contributed by atoms with Gasteiger partial charge in [-0.15, -0.1) is 0 Å². The van der Waals surface area contributed by atoms with Crippen molar-refractivity contribution in [1.82, 2.24) is 0 Å². The molecule has 0 bridgehead atoms. The Labute approximate surface area is 137 Å². The van der Waals surface area contributed by atoms with Crippen LogP contribution in [0.4, 0.5) is 0 Å². The van der Waals surface area contributed by atoms with Gasteiger partial charge in [0.1, 0.15) is 5.41 Å². The van der Waals surface area contributed by atoms with Crippen LogP contribution in [0.2, 0.25) is 0 Å². The summed E-state index contributed by atoms with van der Waals surface area (Å²) in [4.78, 5) is 0. The van der Waals surface area contributed by atoms with Gasteiger partial charge in [-0.05, 0) is 12.8 Å². The molecule has 0 radical (unpaired) electrons. The van der Waals surface area contributed by atoms with E-state index in [4.69, 9.17) is 0 Å². The van der Waals surface area contributed by atoms with Gasteiger partial charge in [0.2, 0.25) is 0 Å². The molecule has 0 amide bonds. The fourth-order valence-electron chi connectivity index (χ4n) is 3.53. The maximum Gasteiger partial charge on any atom is 0.143 e. The van der Waals surface area contributed by atoms with Gasteiger partial charge in [-0.3, -0.25) is 0 Å². The van der Waals surface area contributed by atoms with Crippen molar-refractivity contribution in [2.24, 2.45) is 5.41 Å². The highest BCUT2D eigenvalue weighted by Crippen LogP contribution is 2.30. The van der Waals surface area contributed by atoms with Crippen molar-refractivity contribution in [2.45, 2.75) is 109 Å². The van der Waals surface area contributed by atoms with E-state index >= 15 is 0 Å². The molecule has 1 saturated carbocycles. The summed E-state index contributed by atoms with van der Waals surface area (Å²) in [5.74, 6) is 0. The second-order valence-corrected chi connectivity index (χ2v) is 7.11. The summed E-state index contributed by atoms with van der Waals surface area (Å²) in [5, 5.41) is 18.9. The number of nitriles is 2. The summed E-state index contributed by atoms with van der Waals surface area (Å²) in [6.07, 6.45) is 20.9. The summed E-state index contributed by atoms with van der Waals surface area (Å²) in [6, 6.07) is 4.65. The third-order valence-electron chi connectivity index (χ3n) is 5.14. The van der Waals surface area contributed by atoms with E-state index in [9.17, 15) is 10.5 Å². The van der Waals surface area contributed by atoms with E-state index in [0.717, 1.165) is 25.7 Å². The fourth-order valence-corrected chi connectivity index (χ4v) is 3.53. The van der Waals surface area contributed by atoms with Gasteiger partial charge < -0.3 is 0 Å². The molecule has 0 aromatic rings. The SMILES string of the molecule is N#CC1(C#N)CCCCCCCCCCCCCCCCC1. The molecule has 0 unspecified atom stereocenters. The van der Waals surface area contributed by atoms with Crippen LogP contribution in [0.15, 0.2) is 0 Å². The first-order chi connectivity index (χ1) is 10.8. The van der Waals surface area contributed by atoms with Gasteiger partial charge in [-0.25, -0.2) is 0 Å². The van der Waals surface area contributed by atoms with E-state index in [0.29, 0.717) is 0 Å². The second-order valence-electron chi connectivity index (χ2n) is 7.11. The highest BCUT2D eigenvalue weighted by molar-refractivity contribution is 5.13. The van der Waals surface area contributed by atoms with E-state index in [2.05, 4.69) is 12.1 Å². The van der Waals surface area contributed by atoms with E-state index in [1.54, 1.807) is 0 Å². The van der Waals surface area contributed by atoms with Crippen LogP contribution in [0.1, 0.15) is 109 Å². The van der Waals surface area contributed by atoms with Crippen molar-refractivity contribution < 1.29 is 0 Å². The van der Waals surface area contributed by atoms with Crippen molar-refractivity contribution in [3.8, 4) is 12.1 Å². The minimum atomic E-state index is -0.703. The standard InChI is InChI=1S/C20H34N2/c21-18-20(19-22)16-14-12-10-8-6-4-2-1-3-5-7-9-11-13-15-17-20/h1-17H2. The first kappa shape index (κ1) is 19.0. The van der Waals surface area contributed by atoms with Crippen LogP contribution in [0.25, 0.3) is 0 Å². The number of nitrogens with zero attached hydrogens (tertiary/aromatic N) is 2. The monoisotopic (exact) mass is 302 g/mol. The van der Waals surface area contributed by atoms with E-state index in [-0.39, 0.29) is 0 Å². The Morgan fingerprint density at radius 1 is 0.409 bits per heavy atom. The average Bonchev–Trinajstić information content (AvgIpc) is 2.55. The summed E-state index contributed by atoms with van der Waals surface area (Å²) < 4.78 is 0. The van der Waals surface area contributed by atoms with Gasteiger partial charge in [0, 0.05) is 0 Å². The Morgan fingerprint density at radius 2 is 0.636 bits per heavy atom. The summed E-state index contributed by atoms with van der Waals surface area (Å²) in [7, 11) is 0. The zero-order valence-corrected chi connectivity index (χ0v) is 14.4. The molecule has 0 N–H and O–H groups in total. The predicted octanol–water partition coefficient (Wildman–Crippen LogP) is 6.67.